The van der Waals surface area contributed by atoms with Crippen LogP contribution in [0.25, 0.3) is 16.7 Å². The van der Waals surface area contributed by atoms with Crippen LogP contribution in [0, 0.1) is 0 Å². The fraction of sp³-hybridized carbons (Fsp3) is 0.417. The predicted octanol–water partition coefficient (Wildman–Crippen LogP) is 3.36. The van der Waals surface area contributed by atoms with Gasteiger partial charge in [-0.05, 0) is 39.0 Å². The van der Waals surface area contributed by atoms with Crippen molar-refractivity contribution in [3.05, 3.63) is 42.7 Å². The van der Waals surface area contributed by atoms with Gasteiger partial charge in [0.15, 0.2) is 5.82 Å². The molecular weight excluding hydrogens is 440 g/mol. The van der Waals surface area contributed by atoms with Crippen LogP contribution in [0.15, 0.2) is 42.7 Å². The van der Waals surface area contributed by atoms with Gasteiger partial charge in [0.25, 0.3) is 0 Å². The number of carbonyl (C=O) groups is 2. The van der Waals surface area contributed by atoms with Crippen LogP contribution < -0.4 is 9.47 Å². The summed E-state index contributed by atoms with van der Waals surface area (Å²) in [5, 5.41) is 5.03. The molecule has 0 spiro atoms. The number of aromatic nitrogens is 3. The fourth-order valence-electron chi connectivity index (χ4n) is 3.85. The van der Waals surface area contributed by atoms with E-state index in [4.69, 9.17) is 18.9 Å². The standard InChI is InChI=1S/C24H28N4O6/c1-24(2,3)34-23(30)27-14-16(12-19(27)22(29)32-5)33-20-13-21(28-10-6-9-25-28)26-18-11-15(31-4)7-8-17(18)20/h6-11,13,16,19H,12,14H2,1-5H3/t16-,19+/m1/s1. The van der Waals surface area contributed by atoms with E-state index in [2.05, 4.69) is 10.1 Å². The first-order valence-corrected chi connectivity index (χ1v) is 10.9. The molecule has 2 atom stereocenters. The van der Waals surface area contributed by atoms with E-state index in [1.54, 1.807) is 57.1 Å². The Morgan fingerprint density at radius 1 is 1.15 bits per heavy atom. The molecule has 1 aromatic carbocycles. The maximum atomic E-state index is 12.8. The Morgan fingerprint density at radius 2 is 1.94 bits per heavy atom. The van der Waals surface area contributed by atoms with Gasteiger partial charge in [-0.15, -0.1) is 0 Å². The minimum Gasteiger partial charge on any atom is -0.497 e. The minimum absolute atomic E-state index is 0.172. The molecule has 1 fully saturated rings. The van der Waals surface area contributed by atoms with E-state index in [0.717, 1.165) is 5.39 Å². The molecule has 4 rings (SSSR count). The smallest absolute Gasteiger partial charge is 0.411 e. The van der Waals surface area contributed by atoms with Crippen molar-refractivity contribution in [2.45, 2.75) is 44.9 Å². The second-order valence-electron chi connectivity index (χ2n) is 8.96. The molecule has 10 heteroatoms. The van der Waals surface area contributed by atoms with Crippen LogP contribution in [0.2, 0.25) is 0 Å². The van der Waals surface area contributed by atoms with Crippen molar-refractivity contribution in [1.82, 2.24) is 19.7 Å². The van der Waals surface area contributed by atoms with Crippen LogP contribution in [-0.4, -0.2) is 70.2 Å². The molecule has 0 bridgehead atoms. The quantitative estimate of drug-likeness (QED) is 0.525. The third-order valence-electron chi connectivity index (χ3n) is 5.36. The highest BCUT2D eigenvalue weighted by Crippen LogP contribution is 2.33. The highest BCUT2D eigenvalue weighted by Gasteiger charge is 2.43. The molecule has 1 saturated heterocycles. The maximum absolute atomic E-state index is 12.8. The number of fused-ring (bicyclic) bond motifs is 1. The summed E-state index contributed by atoms with van der Waals surface area (Å²) in [6, 6.07) is 8.28. The number of nitrogens with zero attached hydrogens (tertiary/aromatic N) is 4. The van der Waals surface area contributed by atoms with Gasteiger partial charge in [0.05, 0.1) is 26.3 Å². The highest BCUT2D eigenvalue weighted by atomic mass is 16.6. The lowest BCUT2D eigenvalue weighted by Crippen LogP contribution is -2.44. The largest absolute Gasteiger partial charge is 0.497 e. The molecule has 3 heterocycles. The third-order valence-corrected chi connectivity index (χ3v) is 5.36. The van der Waals surface area contributed by atoms with E-state index in [1.807, 2.05) is 18.2 Å². The first kappa shape index (κ1) is 23.3. The van der Waals surface area contributed by atoms with Crippen LogP contribution >= 0.6 is 0 Å². The Labute approximate surface area is 197 Å². The summed E-state index contributed by atoms with van der Waals surface area (Å²) in [4.78, 5) is 31.3. The van der Waals surface area contributed by atoms with Crippen molar-refractivity contribution < 1.29 is 28.5 Å². The lowest BCUT2D eigenvalue weighted by Gasteiger charge is -2.27. The monoisotopic (exact) mass is 468 g/mol. The number of hydrogen-bond donors (Lipinski definition) is 0. The number of likely N-dealkylation sites (tertiary alicyclic amines) is 1. The Bertz CT molecular complexity index is 1190. The van der Waals surface area contributed by atoms with E-state index in [1.165, 1.54) is 12.0 Å². The Morgan fingerprint density at radius 3 is 2.59 bits per heavy atom. The number of ether oxygens (including phenoxy) is 4. The second kappa shape index (κ2) is 9.20. The number of hydrogen-bond acceptors (Lipinski definition) is 8. The number of amides is 1. The fourth-order valence-corrected chi connectivity index (χ4v) is 3.85. The van der Waals surface area contributed by atoms with Crippen molar-refractivity contribution in [1.29, 1.82) is 0 Å². The molecule has 1 aliphatic heterocycles. The zero-order valence-corrected chi connectivity index (χ0v) is 19.8. The zero-order chi connectivity index (χ0) is 24.5. The van der Waals surface area contributed by atoms with Gasteiger partial charge in [-0.2, -0.15) is 5.10 Å². The topological polar surface area (TPSA) is 105 Å². The molecule has 0 radical (unpaired) electrons. The molecule has 2 aromatic heterocycles. The minimum atomic E-state index is -0.802. The van der Waals surface area contributed by atoms with Crippen LogP contribution in [0.3, 0.4) is 0 Å². The van der Waals surface area contributed by atoms with Crippen LogP contribution in [0.4, 0.5) is 4.79 Å². The van der Waals surface area contributed by atoms with Gasteiger partial charge < -0.3 is 18.9 Å². The van der Waals surface area contributed by atoms with Crippen molar-refractivity contribution in [3.8, 4) is 17.3 Å². The van der Waals surface area contributed by atoms with Gasteiger partial charge in [0.1, 0.15) is 29.2 Å². The molecule has 0 unspecified atom stereocenters. The van der Waals surface area contributed by atoms with Gasteiger partial charge in [0.2, 0.25) is 0 Å². The average molecular weight is 469 g/mol. The molecular formula is C24H28N4O6. The lowest BCUT2D eigenvalue weighted by atomic mass is 10.1. The molecule has 10 nitrogen and oxygen atoms in total. The van der Waals surface area contributed by atoms with E-state index in [-0.39, 0.29) is 13.0 Å². The van der Waals surface area contributed by atoms with E-state index < -0.39 is 29.8 Å². The molecule has 0 saturated carbocycles. The second-order valence-corrected chi connectivity index (χ2v) is 8.96. The van der Waals surface area contributed by atoms with Crippen molar-refractivity contribution >= 4 is 23.0 Å². The van der Waals surface area contributed by atoms with Crippen molar-refractivity contribution in [2.75, 3.05) is 20.8 Å². The summed E-state index contributed by atoms with van der Waals surface area (Å²) in [6.07, 6.45) is 2.66. The van der Waals surface area contributed by atoms with Gasteiger partial charge in [-0.25, -0.2) is 19.3 Å². The maximum Gasteiger partial charge on any atom is 0.411 e. The van der Waals surface area contributed by atoms with Crippen molar-refractivity contribution in [3.63, 3.8) is 0 Å². The summed E-state index contributed by atoms with van der Waals surface area (Å²) < 4.78 is 23.8. The average Bonchev–Trinajstić information content (AvgIpc) is 3.47. The molecule has 1 amide bonds. The molecule has 0 N–H and O–H groups in total. The van der Waals surface area contributed by atoms with Crippen molar-refractivity contribution in [2.24, 2.45) is 0 Å². The highest BCUT2D eigenvalue weighted by molar-refractivity contribution is 5.87. The van der Waals surface area contributed by atoms with Crippen LogP contribution in [0.1, 0.15) is 27.2 Å². The first-order valence-electron chi connectivity index (χ1n) is 10.9. The van der Waals surface area contributed by atoms with Crippen LogP contribution in [0.5, 0.6) is 11.5 Å². The third kappa shape index (κ3) is 4.90. The molecule has 1 aliphatic rings. The Balaban J connectivity index is 1.67. The van der Waals surface area contributed by atoms with Gasteiger partial charge in [0, 0.05) is 36.3 Å². The summed E-state index contributed by atoms with van der Waals surface area (Å²) in [6.45, 7) is 5.49. The van der Waals surface area contributed by atoms with Crippen LogP contribution in [-0.2, 0) is 14.3 Å². The number of rotatable bonds is 5. The molecule has 0 aliphatic carbocycles. The Kier molecular flexibility index (Phi) is 6.32. The lowest BCUT2D eigenvalue weighted by molar-refractivity contribution is -0.145. The summed E-state index contributed by atoms with van der Waals surface area (Å²) in [7, 11) is 2.89. The molecule has 3 aromatic rings. The Hall–Kier alpha value is -3.82. The number of carbonyl (C=O) groups excluding carboxylic acids is 2. The number of benzene rings is 1. The van der Waals surface area contributed by atoms with Gasteiger partial charge in [-0.3, -0.25) is 4.90 Å². The first-order chi connectivity index (χ1) is 16.2. The van der Waals surface area contributed by atoms with E-state index >= 15 is 0 Å². The summed E-state index contributed by atoms with van der Waals surface area (Å²) >= 11 is 0. The normalized spacial score (nSPS) is 18.1. The SMILES string of the molecule is COC(=O)[C@@H]1C[C@@H](Oc2cc(-n3cccn3)nc3cc(OC)ccc23)CN1C(=O)OC(C)(C)C. The van der Waals surface area contributed by atoms with E-state index in [0.29, 0.717) is 22.8 Å². The summed E-state index contributed by atoms with van der Waals surface area (Å²) in [5.41, 5.74) is -0.0377. The number of pyridine rings is 1. The molecule has 34 heavy (non-hydrogen) atoms. The van der Waals surface area contributed by atoms with Gasteiger partial charge >= 0.3 is 12.1 Å². The molecule has 180 valence electrons. The van der Waals surface area contributed by atoms with E-state index in [9.17, 15) is 9.59 Å². The number of esters is 1. The zero-order valence-electron chi connectivity index (χ0n) is 19.8. The number of methoxy groups -OCH3 is 2. The summed E-state index contributed by atoms with van der Waals surface area (Å²) in [5.74, 6) is 1.26. The van der Waals surface area contributed by atoms with Gasteiger partial charge in [-0.1, -0.05) is 0 Å². The predicted molar refractivity (Wildman–Crippen MR) is 123 cm³/mol.